The Labute approximate surface area is 161 Å². The largest absolute Gasteiger partial charge is 0.355 e. The normalized spacial score (nSPS) is 21.7. The first-order valence-electron chi connectivity index (χ1n) is 10.4. The van der Waals surface area contributed by atoms with Gasteiger partial charge >= 0.3 is 0 Å². The molecule has 150 valence electrons. The van der Waals surface area contributed by atoms with E-state index in [1.807, 2.05) is 18.7 Å². The minimum absolute atomic E-state index is 0.0275. The minimum Gasteiger partial charge on any atom is -0.355 e. The zero-order valence-electron chi connectivity index (χ0n) is 16.6. The third-order valence-corrected chi connectivity index (χ3v) is 5.71. The van der Waals surface area contributed by atoms with Gasteiger partial charge in [-0.25, -0.2) is 0 Å². The first-order valence-corrected chi connectivity index (χ1v) is 10.4. The SMILES string of the molecule is CC(C)c1noc(CCNC(=O)C2CCC(=O)N(CC3CCCCC3)C2)n1. The van der Waals surface area contributed by atoms with Gasteiger partial charge in [0.15, 0.2) is 5.82 Å². The zero-order chi connectivity index (χ0) is 19.2. The van der Waals surface area contributed by atoms with Gasteiger partial charge in [0.1, 0.15) is 0 Å². The molecule has 1 saturated heterocycles. The molecule has 2 aliphatic rings. The number of aromatic nitrogens is 2. The first-order chi connectivity index (χ1) is 13.0. The summed E-state index contributed by atoms with van der Waals surface area (Å²) in [6.45, 7) is 5.88. The number of nitrogens with zero attached hydrogens (tertiary/aromatic N) is 3. The molecule has 2 fully saturated rings. The Morgan fingerprint density at radius 1 is 1.26 bits per heavy atom. The van der Waals surface area contributed by atoms with E-state index in [0.29, 0.717) is 50.0 Å². The average Bonchev–Trinajstić information content (AvgIpc) is 3.13. The van der Waals surface area contributed by atoms with Crippen LogP contribution in [-0.4, -0.2) is 46.5 Å². The third-order valence-electron chi connectivity index (χ3n) is 5.71. The molecule has 0 aromatic carbocycles. The standard InChI is InChI=1S/C20H32N4O3/c1-14(2)19-22-17(27-23-19)10-11-21-20(26)16-8-9-18(25)24(13-16)12-15-6-4-3-5-7-15/h14-16H,3-13H2,1-2H3,(H,21,26). The number of carbonyl (C=O) groups excluding carboxylic acids is 2. The van der Waals surface area contributed by atoms with Crippen molar-refractivity contribution in [3.8, 4) is 0 Å². The van der Waals surface area contributed by atoms with E-state index in [1.165, 1.54) is 32.1 Å². The maximum Gasteiger partial charge on any atom is 0.228 e. The van der Waals surface area contributed by atoms with Crippen LogP contribution >= 0.6 is 0 Å². The molecule has 27 heavy (non-hydrogen) atoms. The first kappa shape index (κ1) is 19.8. The summed E-state index contributed by atoms with van der Waals surface area (Å²) in [5.41, 5.74) is 0. The summed E-state index contributed by atoms with van der Waals surface area (Å²) in [7, 11) is 0. The van der Waals surface area contributed by atoms with Crippen molar-refractivity contribution >= 4 is 11.8 Å². The monoisotopic (exact) mass is 376 g/mol. The van der Waals surface area contributed by atoms with Gasteiger partial charge in [-0.15, -0.1) is 0 Å². The van der Waals surface area contributed by atoms with Gasteiger partial charge in [-0.2, -0.15) is 4.98 Å². The van der Waals surface area contributed by atoms with Gasteiger partial charge in [0.05, 0.1) is 5.92 Å². The Balaban J connectivity index is 1.43. The van der Waals surface area contributed by atoms with Crippen LogP contribution < -0.4 is 5.32 Å². The van der Waals surface area contributed by atoms with Crippen molar-refractivity contribution in [3.05, 3.63) is 11.7 Å². The van der Waals surface area contributed by atoms with Gasteiger partial charge in [0.2, 0.25) is 17.7 Å². The van der Waals surface area contributed by atoms with Crippen LogP contribution in [0.15, 0.2) is 4.52 Å². The average molecular weight is 377 g/mol. The number of likely N-dealkylation sites (tertiary alicyclic amines) is 1. The lowest BCUT2D eigenvalue weighted by atomic mass is 9.87. The smallest absolute Gasteiger partial charge is 0.228 e. The summed E-state index contributed by atoms with van der Waals surface area (Å²) in [4.78, 5) is 31.0. The minimum atomic E-state index is -0.111. The molecular formula is C20H32N4O3. The molecule has 7 heteroatoms. The van der Waals surface area contributed by atoms with Crippen LogP contribution in [0.3, 0.4) is 0 Å². The molecule has 1 aliphatic heterocycles. The molecule has 3 rings (SSSR count). The molecule has 1 saturated carbocycles. The summed E-state index contributed by atoms with van der Waals surface area (Å²) < 4.78 is 5.20. The molecule has 1 aromatic rings. The second kappa shape index (κ2) is 9.33. The van der Waals surface area contributed by atoms with Gasteiger partial charge in [-0.3, -0.25) is 9.59 Å². The molecule has 1 atom stereocenters. The van der Waals surface area contributed by atoms with Crippen molar-refractivity contribution in [2.75, 3.05) is 19.6 Å². The highest BCUT2D eigenvalue weighted by atomic mass is 16.5. The number of rotatable bonds is 7. The Hall–Kier alpha value is -1.92. The molecule has 2 heterocycles. The fourth-order valence-electron chi connectivity index (χ4n) is 4.03. The van der Waals surface area contributed by atoms with Crippen LogP contribution in [0.2, 0.25) is 0 Å². The highest BCUT2D eigenvalue weighted by Crippen LogP contribution is 2.27. The zero-order valence-corrected chi connectivity index (χ0v) is 16.6. The lowest BCUT2D eigenvalue weighted by molar-refractivity contribution is -0.139. The van der Waals surface area contributed by atoms with E-state index in [2.05, 4.69) is 15.5 Å². The van der Waals surface area contributed by atoms with E-state index < -0.39 is 0 Å². The molecule has 0 radical (unpaired) electrons. The van der Waals surface area contributed by atoms with E-state index in [9.17, 15) is 9.59 Å². The predicted molar refractivity (Wildman–Crippen MR) is 101 cm³/mol. The van der Waals surface area contributed by atoms with Crippen LogP contribution in [0.5, 0.6) is 0 Å². The fraction of sp³-hybridized carbons (Fsp3) is 0.800. The highest BCUT2D eigenvalue weighted by Gasteiger charge is 2.31. The van der Waals surface area contributed by atoms with Crippen molar-refractivity contribution in [2.24, 2.45) is 11.8 Å². The van der Waals surface area contributed by atoms with Gasteiger partial charge in [0, 0.05) is 38.4 Å². The van der Waals surface area contributed by atoms with Crippen molar-refractivity contribution < 1.29 is 14.1 Å². The second-order valence-corrected chi connectivity index (χ2v) is 8.28. The number of hydrogen-bond donors (Lipinski definition) is 1. The second-order valence-electron chi connectivity index (χ2n) is 8.28. The van der Waals surface area contributed by atoms with Gasteiger partial charge in [0.25, 0.3) is 0 Å². The number of amides is 2. The molecule has 7 nitrogen and oxygen atoms in total. The maximum atomic E-state index is 12.5. The Bertz CT molecular complexity index is 637. The lowest BCUT2D eigenvalue weighted by Gasteiger charge is -2.35. The van der Waals surface area contributed by atoms with Crippen molar-refractivity contribution in [3.63, 3.8) is 0 Å². The molecule has 1 aliphatic carbocycles. The van der Waals surface area contributed by atoms with Crippen molar-refractivity contribution in [2.45, 2.75) is 71.1 Å². The van der Waals surface area contributed by atoms with Crippen LogP contribution in [0.4, 0.5) is 0 Å². The molecule has 1 aromatic heterocycles. The summed E-state index contributed by atoms with van der Waals surface area (Å²) >= 11 is 0. The van der Waals surface area contributed by atoms with Crippen molar-refractivity contribution in [1.29, 1.82) is 0 Å². The highest BCUT2D eigenvalue weighted by molar-refractivity contribution is 5.83. The molecule has 0 bridgehead atoms. The summed E-state index contributed by atoms with van der Waals surface area (Å²) in [5, 5.41) is 6.91. The molecule has 1 unspecified atom stereocenters. The number of piperidine rings is 1. The Kier molecular flexibility index (Phi) is 6.85. The number of carbonyl (C=O) groups is 2. The number of nitrogens with one attached hydrogen (secondary N) is 1. The van der Waals surface area contributed by atoms with Crippen LogP contribution in [0, 0.1) is 11.8 Å². The van der Waals surface area contributed by atoms with E-state index in [4.69, 9.17) is 4.52 Å². The predicted octanol–water partition coefficient (Wildman–Crippen LogP) is 2.67. The lowest BCUT2D eigenvalue weighted by Crippen LogP contribution is -2.47. The fourth-order valence-corrected chi connectivity index (χ4v) is 4.03. The molecular weight excluding hydrogens is 344 g/mol. The third kappa shape index (κ3) is 5.53. The van der Waals surface area contributed by atoms with Crippen molar-refractivity contribution in [1.82, 2.24) is 20.4 Å². The summed E-state index contributed by atoms with van der Waals surface area (Å²) in [5.74, 6) is 2.21. The molecule has 0 spiro atoms. The maximum absolute atomic E-state index is 12.5. The molecule has 1 N–H and O–H groups in total. The van der Waals surface area contributed by atoms with E-state index in [1.54, 1.807) is 0 Å². The van der Waals surface area contributed by atoms with Gasteiger partial charge in [-0.1, -0.05) is 38.3 Å². The molecule has 2 amide bonds. The van der Waals surface area contributed by atoms with Gasteiger partial charge < -0.3 is 14.7 Å². The summed E-state index contributed by atoms with van der Waals surface area (Å²) in [6.07, 6.45) is 7.93. The quantitative estimate of drug-likeness (QED) is 0.790. The Morgan fingerprint density at radius 3 is 2.74 bits per heavy atom. The summed E-state index contributed by atoms with van der Waals surface area (Å²) in [6, 6.07) is 0. The topological polar surface area (TPSA) is 88.3 Å². The van der Waals surface area contributed by atoms with E-state index >= 15 is 0 Å². The van der Waals surface area contributed by atoms with Gasteiger partial charge in [-0.05, 0) is 25.2 Å². The Morgan fingerprint density at radius 2 is 2.04 bits per heavy atom. The van der Waals surface area contributed by atoms with Crippen LogP contribution in [0.25, 0.3) is 0 Å². The number of hydrogen-bond acceptors (Lipinski definition) is 5. The van der Waals surface area contributed by atoms with E-state index in [0.717, 1.165) is 6.54 Å². The van der Waals surface area contributed by atoms with Crippen LogP contribution in [-0.2, 0) is 16.0 Å². The van der Waals surface area contributed by atoms with E-state index in [-0.39, 0.29) is 23.7 Å². The van der Waals surface area contributed by atoms with Crippen LogP contribution in [0.1, 0.15) is 76.4 Å².